The molecule has 1 unspecified atom stereocenters. The Morgan fingerprint density at radius 1 is 1.00 bits per heavy atom. The second-order valence-electron chi connectivity index (χ2n) is 7.96. The Hall–Kier alpha value is -2.41. The van der Waals surface area contributed by atoms with Crippen LogP contribution in [0, 0.1) is 5.92 Å². The van der Waals surface area contributed by atoms with E-state index in [0.29, 0.717) is 18.7 Å². The number of nitrogens with one attached hydrogen (secondary N) is 2. The summed E-state index contributed by atoms with van der Waals surface area (Å²) in [5.41, 5.74) is 0.628. The number of rotatable bonds is 6. The molecule has 2 N–H and O–H groups in total. The van der Waals surface area contributed by atoms with Crippen LogP contribution in [0.5, 0.6) is 0 Å². The van der Waals surface area contributed by atoms with Crippen molar-refractivity contribution in [3.05, 3.63) is 35.9 Å². The Balaban J connectivity index is 1.57. The van der Waals surface area contributed by atoms with E-state index in [0.717, 1.165) is 38.5 Å². The molecule has 1 heterocycles. The van der Waals surface area contributed by atoms with Gasteiger partial charge in [-0.1, -0.05) is 31.0 Å². The van der Waals surface area contributed by atoms with E-state index in [2.05, 4.69) is 10.6 Å². The monoisotopic (exact) mass is 401 g/mol. The zero-order valence-electron chi connectivity index (χ0n) is 17.1. The number of carbonyl (C=O) groups is 3. The molecule has 1 aliphatic carbocycles. The molecular formula is C22H31N3O4. The van der Waals surface area contributed by atoms with Crippen LogP contribution in [0.2, 0.25) is 0 Å². The van der Waals surface area contributed by atoms with Crippen molar-refractivity contribution in [2.75, 3.05) is 26.8 Å². The fourth-order valence-corrected chi connectivity index (χ4v) is 4.25. The molecule has 0 bridgehead atoms. The molecule has 7 heteroatoms. The number of benzene rings is 1. The minimum absolute atomic E-state index is 0.0224. The van der Waals surface area contributed by atoms with Gasteiger partial charge in [-0.3, -0.25) is 14.4 Å². The van der Waals surface area contributed by atoms with Gasteiger partial charge < -0.3 is 20.3 Å². The van der Waals surface area contributed by atoms with Crippen LogP contribution < -0.4 is 10.6 Å². The highest BCUT2D eigenvalue weighted by Crippen LogP contribution is 2.22. The molecule has 0 aromatic heterocycles. The van der Waals surface area contributed by atoms with Gasteiger partial charge in [-0.15, -0.1) is 0 Å². The standard InChI is InChI=1S/C22H31N3O4/c1-29-15-20(26)25-13-7-10-17(14-25)22(28)24-19-12-6-5-11-18(19)23-21(27)16-8-3-2-4-9-16/h2-4,8-9,17-19H,5-7,10-15H2,1H3,(H,23,27)(H,24,28)/t17?,18-,19-/m1/s1. The average molecular weight is 402 g/mol. The maximum Gasteiger partial charge on any atom is 0.251 e. The second-order valence-corrected chi connectivity index (χ2v) is 7.96. The number of hydrogen-bond acceptors (Lipinski definition) is 4. The highest BCUT2D eigenvalue weighted by Gasteiger charge is 2.33. The number of piperidine rings is 1. The van der Waals surface area contributed by atoms with Gasteiger partial charge in [0.15, 0.2) is 0 Å². The summed E-state index contributed by atoms with van der Waals surface area (Å²) < 4.78 is 4.93. The lowest BCUT2D eigenvalue weighted by Crippen LogP contribution is -2.55. The van der Waals surface area contributed by atoms with Crippen LogP contribution in [-0.2, 0) is 14.3 Å². The van der Waals surface area contributed by atoms with Crippen molar-refractivity contribution in [1.82, 2.24) is 15.5 Å². The SMILES string of the molecule is COCC(=O)N1CCCC(C(=O)N[C@@H]2CCCC[C@H]2NC(=O)c2ccccc2)C1. The Morgan fingerprint density at radius 3 is 2.38 bits per heavy atom. The lowest BCUT2D eigenvalue weighted by molar-refractivity contribution is -0.139. The van der Waals surface area contributed by atoms with Crippen LogP contribution in [0.3, 0.4) is 0 Å². The summed E-state index contributed by atoms with van der Waals surface area (Å²) >= 11 is 0. The van der Waals surface area contributed by atoms with Crippen molar-refractivity contribution in [2.45, 2.75) is 50.6 Å². The Bertz CT molecular complexity index is 709. The maximum atomic E-state index is 12.9. The molecule has 0 spiro atoms. The molecule has 0 radical (unpaired) electrons. The second kappa shape index (κ2) is 10.4. The number of amides is 3. The molecule has 1 aliphatic heterocycles. The molecule has 1 aromatic rings. The first-order valence-electron chi connectivity index (χ1n) is 10.5. The van der Waals surface area contributed by atoms with Crippen LogP contribution in [0.25, 0.3) is 0 Å². The molecule has 7 nitrogen and oxygen atoms in total. The number of ether oxygens (including phenoxy) is 1. The number of hydrogen-bond donors (Lipinski definition) is 2. The predicted molar refractivity (Wildman–Crippen MR) is 109 cm³/mol. The minimum Gasteiger partial charge on any atom is -0.375 e. The fraction of sp³-hybridized carbons (Fsp3) is 0.591. The van der Waals surface area contributed by atoms with Crippen molar-refractivity contribution in [3.63, 3.8) is 0 Å². The van der Waals surface area contributed by atoms with Gasteiger partial charge in [0.05, 0.1) is 5.92 Å². The highest BCUT2D eigenvalue weighted by atomic mass is 16.5. The van der Waals surface area contributed by atoms with Crippen LogP contribution in [0.15, 0.2) is 30.3 Å². The van der Waals surface area contributed by atoms with E-state index in [4.69, 9.17) is 4.74 Å². The quantitative estimate of drug-likeness (QED) is 0.760. The normalized spacial score (nSPS) is 24.6. The van der Waals surface area contributed by atoms with E-state index < -0.39 is 0 Å². The highest BCUT2D eigenvalue weighted by molar-refractivity contribution is 5.94. The number of carbonyl (C=O) groups excluding carboxylic acids is 3. The van der Waals surface area contributed by atoms with Crippen molar-refractivity contribution >= 4 is 17.7 Å². The van der Waals surface area contributed by atoms with Gasteiger partial charge in [0.25, 0.3) is 5.91 Å². The summed E-state index contributed by atoms with van der Waals surface area (Å²) in [7, 11) is 1.50. The summed E-state index contributed by atoms with van der Waals surface area (Å²) in [6.07, 6.45) is 5.36. The number of methoxy groups -OCH3 is 1. The molecule has 3 rings (SSSR count). The third-order valence-electron chi connectivity index (χ3n) is 5.86. The van der Waals surface area contributed by atoms with Gasteiger partial charge in [0.2, 0.25) is 11.8 Å². The number of likely N-dealkylation sites (tertiary alicyclic amines) is 1. The van der Waals surface area contributed by atoms with Crippen molar-refractivity contribution in [3.8, 4) is 0 Å². The Kier molecular flexibility index (Phi) is 7.63. The molecule has 29 heavy (non-hydrogen) atoms. The first-order valence-corrected chi connectivity index (χ1v) is 10.5. The van der Waals surface area contributed by atoms with Gasteiger partial charge in [-0.2, -0.15) is 0 Å². The van der Waals surface area contributed by atoms with Gasteiger partial charge in [0, 0.05) is 37.8 Å². The first kappa shape index (κ1) is 21.3. The lowest BCUT2D eigenvalue weighted by Gasteiger charge is -2.36. The topological polar surface area (TPSA) is 87.7 Å². The summed E-state index contributed by atoms with van der Waals surface area (Å²) in [6.45, 7) is 1.15. The first-order chi connectivity index (χ1) is 14.1. The van der Waals surface area contributed by atoms with Gasteiger partial charge in [-0.25, -0.2) is 0 Å². The molecule has 1 saturated heterocycles. The van der Waals surface area contributed by atoms with Crippen LogP contribution in [0.1, 0.15) is 48.9 Å². The predicted octanol–water partition coefficient (Wildman–Crippen LogP) is 1.73. The Labute approximate surface area is 172 Å². The molecule has 3 atom stereocenters. The molecule has 2 aliphatic rings. The zero-order valence-corrected chi connectivity index (χ0v) is 17.1. The third-order valence-corrected chi connectivity index (χ3v) is 5.86. The van der Waals surface area contributed by atoms with Crippen LogP contribution in [0.4, 0.5) is 0 Å². The maximum absolute atomic E-state index is 12.9. The Morgan fingerprint density at radius 2 is 1.69 bits per heavy atom. The average Bonchev–Trinajstić information content (AvgIpc) is 2.76. The van der Waals surface area contributed by atoms with Crippen LogP contribution in [-0.4, -0.2) is 61.5 Å². The van der Waals surface area contributed by atoms with Crippen LogP contribution >= 0.6 is 0 Å². The van der Waals surface area contributed by atoms with E-state index in [1.807, 2.05) is 18.2 Å². The van der Waals surface area contributed by atoms with E-state index in [9.17, 15) is 14.4 Å². The lowest BCUT2D eigenvalue weighted by atomic mass is 9.88. The van der Waals surface area contributed by atoms with E-state index in [-0.39, 0.29) is 42.3 Å². The van der Waals surface area contributed by atoms with Gasteiger partial charge in [-0.05, 0) is 37.8 Å². The van der Waals surface area contributed by atoms with Crippen molar-refractivity contribution in [1.29, 1.82) is 0 Å². The third kappa shape index (κ3) is 5.79. The summed E-state index contributed by atoms with van der Waals surface area (Å²) in [6, 6.07) is 9.00. The molecule has 1 aromatic carbocycles. The van der Waals surface area contributed by atoms with Gasteiger partial charge >= 0.3 is 0 Å². The molecule has 3 amide bonds. The summed E-state index contributed by atoms with van der Waals surface area (Å²) in [5.74, 6) is -0.413. The van der Waals surface area contributed by atoms with E-state index in [1.165, 1.54) is 7.11 Å². The summed E-state index contributed by atoms with van der Waals surface area (Å²) in [5, 5.41) is 6.27. The van der Waals surface area contributed by atoms with Gasteiger partial charge in [0.1, 0.15) is 6.61 Å². The number of nitrogens with zero attached hydrogens (tertiary/aromatic N) is 1. The fourth-order valence-electron chi connectivity index (χ4n) is 4.25. The summed E-state index contributed by atoms with van der Waals surface area (Å²) in [4.78, 5) is 39.2. The molecule has 1 saturated carbocycles. The minimum atomic E-state index is -0.211. The largest absolute Gasteiger partial charge is 0.375 e. The smallest absolute Gasteiger partial charge is 0.251 e. The van der Waals surface area contributed by atoms with Crippen molar-refractivity contribution < 1.29 is 19.1 Å². The molecule has 2 fully saturated rings. The molecular weight excluding hydrogens is 370 g/mol. The van der Waals surface area contributed by atoms with E-state index in [1.54, 1.807) is 17.0 Å². The zero-order chi connectivity index (χ0) is 20.6. The van der Waals surface area contributed by atoms with Crippen molar-refractivity contribution in [2.24, 2.45) is 5.92 Å². The van der Waals surface area contributed by atoms with E-state index >= 15 is 0 Å². The molecule has 158 valence electrons.